The lowest BCUT2D eigenvalue weighted by atomic mass is 10.1. The first-order valence-corrected chi connectivity index (χ1v) is 5.14. The maximum absolute atomic E-state index is 11.0. The number of aldehydes is 1. The summed E-state index contributed by atoms with van der Waals surface area (Å²) in [7, 11) is 1.92. The molecule has 0 unspecified atom stereocenters. The Morgan fingerprint density at radius 2 is 2.00 bits per heavy atom. The minimum atomic E-state index is 0.698. The summed E-state index contributed by atoms with van der Waals surface area (Å²) < 4.78 is 1.96. The molecule has 0 amide bonds. The molecule has 0 saturated heterocycles. The highest BCUT2D eigenvalue weighted by molar-refractivity contribution is 6.35. The fourth-order valence-corrected chi connectivity index (χ4v) is 2.37. The number of nitrogens with zero attached hydrogens (tertiary/aromatic N) is 1. The van der Waals surface area contributed by atoms with Gasteiger partial charge in [-0.1, -0.05) is 11.6 Å². The van der Waals surface area contributed by atoms with Gasteiger partial charge in [0.1, 0.15) is 0 Å². The van der Waals surface area contributed by atoms with E-state index in [1.807, 2.05) is 37.6 Å². The molecular formula is C12H12ClNO. The molecule has 0 atom stereocenters. The van der Waals surface area contributed by atoms with Crippen molar-refractivity contribution in [2.24, 2.45) is 7.05 Å². The average molecular weight is 222 g/mol. The molecule has 0 saturated carbocycles. The molecule has 0 spiro atoms. The second kappa shape index (κ2) is 3.38. The number of aromatic nitrogens is 1. The van der Waals surface area contributed by atoms with Crippen molar-refractivity contribution < 1.29 is 4.79 Å². The summed E-state index contributed by atoms with van der Waals surface area (Å²) >= 11 is 6.17. The number of carbonyl (C=O) groups is 1. The van der Waals surface area contributed by atoms with Gasteiger partial charge in [-0.25, -0.2) is 0 Å². The zero-order valence-electron chi connectivity index (χ0n) is 8.97. The predicted octanol–water partition coefficient (Wildman–Crippen LogP) is 3.26. The van der Waals surface area contributed by atoms with Gasteiger partial charge in [-0.3, -0.25) is 4.79 Å². The van der Waals surface area contributed by atoms with Gasteiger partial charge >= 0.3 is 0 Å². The van der Waals surface area contributed by atoms with Crippen LogP contribution in [0.15, 0.2) is 12.1 Å². The van der Waals surface area contributed by atoms with Gasteiger partial charge in [0.15, 0.2) is 6.29 Å². The van der Waals surface area contributed by atoms with Gasteiger partial charge in [0.05, 0.1) is 10.5 Å². The second-order valence-electron chi connectivity index (χ2n) is 3.82. The Bertz CT molecular complexity index is 554. The minimum Gasteiger partial charge on any atom is -0.346 e. The summed E-state index contributed by atoms with van der Waals surface area (Å²) in [5, 5.41) is 1.64. The first-order valence-electron chi connectivity index (χ1n) is 4.76. The van der Waals surface area contributed by atoms with Crippen molar-refractivity contribution in [3.05, 3.63) is 34.0 Å². The molecule has 0 radical (unpaired) electrons. The van der Waals surface area contributed by atoms with Gasteiger partial charge in [-0.15, -0.1) is 0 Å². The standard InChI is InChI=1S/C12H12ClNO/c1-7-4-9-10(6-15)8(2)14(3)12(9)11(13)5-7/h4-6H,1-3H3. The number of aryl methyl sites for hydroxylation is 2. The van der Waals surface area contributed by atoms with E-state index in [1.165, 1.54) is 0 Å². The van der Waals surface area contributed by atoms with E-state index >= 15 is 0 Å². The number of hydrogen-bond donors (Lipinski definition) is 0. The first-order chi connectivity index (χ1) is 7.06. The van der Waals surface area contributed by atoms with Crippen LogP contribution in [0.5, 0.6) is 0 Å². The van der Waals surface area contributed by atoms with Gasteiger partial charge in [0.25, 0.3) is 0 Å². The summed E-state index contributed by atoms with van der Waals surface area (Å²) in [6.07, 6.45) is 0.896. The lowest BCUT2D eigenvalue weighted by Crippen LogP contribution is -1.91. The van der Waals surface area contributed by atoms with Crippen molar-refractivity contribution in [3.63, 3.8) is 0 Å². The molecule has 0 aliphatic carbocycles. The molecule has 15 heavy (non-hydrogen) atoms. The van der Waals surface area contributed by atoms with Crippen molar-refractivity contribution in [1.29, 1.82) is 0 Å². The quantitative estimate of drug-likeness (QED) is 0.678. The van der Waals surface area contributed by atoms with Crippen molar-refractivity contribution in [1.82, 2.24) is 4.57 Å². The van der Waals surface area contributed by atoms with Crippen LogP contribution in [0.1, 0.15) is 21.6 Å². The predicted molar refractivity (Wildman–Crippen MR) is 62.8 cm³/mol. The highest BCUT2D eigenvalue weighted by atomic mass is 35.5. The molecule has 2 rings (SSSR count). The van der Waals surface area contributed by atoms with Crippen LogP contribution < -0.4 is 0 Å². The molecule has 1 heterocycles. The van der Waals surface area contributed by atoms with Crippen LogP contribution in [-0.2, 0) is 7.05 Å². The van der Waals surface area contributed by atoms with Crippen LogP contribution in [-0.4, -0.2) is 10.9 Å². The van der Waals surface area contributed by atoms with E-state index in [9.17, 15) is 4.79 Å². The van der Waals surface area contributed by atoms with E-state index in [4.69, 9.17) is 11.6 Å². The SMILES string of the molecule is Cc1cc(Cl)c2c(c1)c(C=O)c(C)n2C. The van der Waals surface area contributed by atoms with Gasteiger partial charge in [-0.05, 0) is 31.5 Å². The largest absolute Gasteiger partial charge is 0.346 e. The number of halogens is 1. The average Bonchev–Trinajstić information content (AvgIpc) is 2.39. The Morgan fingerprint density at radius 3 is 2.60 bits per heavy atom. The Balaban J connectivity index is 3.03. The zero-order valence-corrected chi connectivity index (χ0v) is 9.72. The lowest BCUT2D eigenvalue weighted by molar-refractivity contribution is 0.112. The Morgan fingerprint density at radius 1 is 1.33 bits per heavy atom. The molecule has 1 aromatic heterocycles. The Labute approximate surface area is 93.5 Å². The number of benzene rings is 1. The second-order valence-corrected chi connectivity index (χ2v) is 4.23. The van der Waals surface area contributed by atoms with Gasteiger partial charge < -0.3 is 4.57 Å². The van der Waals surface area contributed by atoms with Crippen LogP contribution >= 0.6 is 11.6 Å². The van der Waals surface area contributed by atoms with Crippen molar-refractivity contribution in [2.45, 2.75) is 13.8 Å². The van der Waals surface area contributed by atoms with Gasteiger partial charge in [0.2, 0.25) is 0 Å². The van der Waals surface area contributed by atoms with Crippen LogP contribution in [0.3, 0.4) is 0 Å². The summed E-state index contributed by atoms with van der Waals surface area (Å²) in [6, 6.07) is 3.91. The fraction of sp³-hybridized carbons (Fsp3) is 0.250. The van der Waals surface area contributed by atoms with Crippen LogP contribution in [0.4, 0.5) is 0 Å². The highest BCUT2D eigenvalue weighted by Gasteiger charge is 2.13. The molecular weight excluding hydrogens is 210 g/mol. The van der Waals surface area contributed by atoms with Gasteiger partial charge in [-0.2, -0.15) is 0 Å². The molecule has 0 N–H and O–H groups in total. The molecule has 2 nitrogen and oxygen atoms in total. The molecule has 0 aliphatic heterocycles. The highest BCUT2D eigenvalue weighted by Crippen LogP contribution is 2.30. The molecule has 2 aromatic rings. The van der Waals surface area contributed by atoms with Crippen molar-refractivity contribution in [3.8, 4) is 0 Å². The van der Waals surface area contributed by atoms with Gasteiger partial charge in [0, 0.05) is 23.7 Å². The summed E-state index contributed by atoms with van der Waals surface area (Å²) in [6.45, 7) is 3.90. The molecule has 0 fully saturated rings. The first kappa shape index (κ1) is 10.2. The molecule has 78 valence electrons. The van der Waals surface area contributed by atoms with Crippen molar-refractivity contribution >= 4 is 28.8 Å². The van der Waals surface area contributed by atoms with E-state index in [0.717, 1.165) is 34.0 Å². The monoisotopic (exact) mass is 221 g/mol. The molecule has 0 aliphatic rings. The number of rotatable bonds is 1. The van der Waals surface area contributed by atoms with Crippen LogP contribution in [0.25, 0.3) is 10.9 Å². The molecule has 0 bridgehead atoms. The summed E-state index contributed by atoms with van der Waals surface area (Å²) in [4.78, 5) is 11.0. The van der Waals surface area contributed by atoms with E-state index in [1.54, 1.807) is 0 Å². The topological polar surface area (TPSA) is 22.0 Å². The maximum Gasteiger partial charge on any atom is 0.152 e. The number of hydrogen-bond acceptors (Lipinski definition) is 1. The third kappa shape index (κ3) is 1.37. The molecule has 1 aromatic carbocycles. The lowest BCUT2D eigenvalue weighted by Gasteiger charge is -2.01. The fourth-order valence-electron chi connectivity index (χ4n) is 1.97. The summed E-state index contributed by atoms with van der Waals surface area (Å²) in [5.41, 5.74) is 3.69. The smallest absolute Gasteiger partial charge is 0.152 e. The van der Waals surface area contributed by atoms with E-state index in [2.05, 4.69) is 0 Å². The van der Waals surface area contributed by atoms with E-state index < -0.39 is 0 Å². The number of carbonyl (C=O) groups excluding carboxylic acids is 1. The zero-order chi connectivity index (χ0) is 11.2. The number of fused-ring (bicyclic) bond motifs is 1. The van der Waals surface area contributed by atoms with Crippen molar-refractivity contribution in [2.75, 3.05) is 0 Å². The summed E-state index contributed by atoms with van der Waals surface area (Å²) in [5.74, 6) is 0. The Hall–Kier alpha value is -1.28. The maximum atomic E-state index is 11.0. The van der Waals surface area contributed by atoms with Crippen LogP contribution in [0, 0.1) is 13.8 Å². The third-order valence-corrected chi connectivity index (χ3v) is 3.13. The van der Waals surface area contributed by atoms with E-state index in [-0.39, 0.29) is 0 Å². The molecule has 3 heteroatoms. The minimum absolute atomic E-state index is 0.698. The Kier molecular flexibility index (Phi) is 2.31. The normalized spacial score (nSPS) is 10.9. The van der Waals surface area contributed by atoms with E-state index in [0.29, 0.717) is 5.02 Å². The van der Waals surface area contributed by atoms with Crippen LogP contribution in [0.2, 0.25) is 5.02 Å². The third-order valence-electron chi connectivity index (χ3n) is 2.84.